The largest absolute Gasteiger partial charge is 0.300 e. The molecule has 2 rings (SSSR count). The second-order valence-corrected chi connectivity index (χ2v) is 5.16. The SMILES string of the molecule is CN(C(=O)CCC1CCCC1)c1ccc(C#N)cn1. The summed E-state index contributed by atoms with van der Waals surface area (Å²) in [6.45, 7) is 0. The first-order valence-corrected chi connectivity index (χ1v) is 6.83. The summed E-state index contributed by atoms with van der Waals surface area (Å²) < 4.78 is 0. The van der Waals surface area contributed by atoms with Crippen LogP contribution in [0.25, 0.3) is 0 Å². The van der Waals surface area contributed by atoms with E-state index in [1.807, 2.05) is 6.07 Å². The van der Waals surface area contributed by atoms with Gasteiger partial charge in [0.15, 0.2) is 0 Å². The van der Waals surface area contributed by atoms with Crippen molar-refractivity contribution >= 4 is 11.7 Å². The molecule has 0 saturated heterocycles. The van der Waals surface area contributed by atoms with Crippen LogP contribution >= 0.6 is 0 Å². The minimum Gasteiger partial charge on any atom is -0.300 e. The van der Waals surface area contributed by atoms with Gasteiger partial charge in [-0.2, -0.15) is 5.26 Å². The van der Waals surface area contributed by atoms with E-state index >= 15 is 0 Å². The topological polar surface area (TPSA) is 57.0 Å². The summed E-state index contributed by atoms with van der Waals surface area (Å²) in [5.74, 6) is 1.44. The minimum absolute atomic E-state index is 0.101. The zero-order valence-corrected chi connectivity index (χ0v) is 11.3. The Labute approximate surface area is 114 Å². The Morgan fingerprint density at radius 3 is 2.79 bits per heavy atom. The highest BCUT2D eigenvalue weighted by Gasteiger charge is 2.18. The summed E-state index contributed by atoms with van der Waals surface area (Å²) >= 11 is 0. The molecule has 0 atom stereocenters. The Morgan fingerprint density at radius 2 is 2.21 bits per heavy atom. The van der Waals surface area contributed by atoms with Crippen LogP contribution in [0.1, 0.15) is 44.1 Å². The average molecular weight is 257 g/mol. The van der Waals surface area contributed by atoms with E-state index in [0.29, 0.717) is 17.8 Å². The fourth-order valence-corrected chi connectivity index (χ4v) is 2.57. The van der Waals surface area contributed by atoms with Crippen molar-refractivity contribution in [3.05, 3.63) is 23.9 Å². The molecular weight excluding hydrogens is 238 g/mol. The first-order chi connectivity index (χ1) is 9.20. The fourth-order valence-electron chi connectivity index (χ4n) is 2.57. The molecule has 1 fully saturated rings. The molecule has 1 aliphatic carbocycles. The van der Waals surface area contributed by atoms with Crippen molar-refractivity contribution in [2.75, 3.05) is 11.9 Å². The maximum atomic E-state index is 12.1. The van der Waals surface area contributed by atoms with Crippen molar-refractivity contribution < 1.29 is 4.79 Å². The fraction of sp³-hybridized carbons (Fsp3) is 0.533. The van der Waals surface area contributed by atoms with Gasteiger partial charge in [-0.05, 0) is 24.5 Å². The van der Waals surface area contributed by atoms with E-state index in [1.165, 1.54) is 31.9 Å². The molecule has 0 unspecified atom stereocenters. The molecule has 0 radical (unpaired) electrons. The number of hydrogen-bond donors (Lipinski definition) is 0. The van der Waals surface area contributed by atoms with Gasteiger partial charge in [-0.3, -0.25) is 9.69 Å². The van der Waals surface area contributed by atoms with Crippen LogP contribution in [0.2, 0.25) is 0 Å². The monoisotopic (exact) mass is 257 g/mol. The van der Waals surface area contributed by atoms with Crippen molar-refractivity contribution in [1.82, 2.24) is 4.98 Å². The van der Waals surface area contributed by atoms with Gasteiger partial charge in [0, 0.05) is 19.7 Å². The van der Waals surface area contributed by atoms with E-state index in [-0.39, 0.29) is 5.91 Å². The number of rotatable bonds is 4. The number of nitrogens with zero attached hydrogens (tertiary/aromatic N) is 3. The zero-order chi connectivity index (χ0) is 13.7. The van der Waals surface area contributed by atoms with Crippen LogP contribution < -0.4 is 4.90 Å². The molecule has 1 aromatic heterocycles. The molecular formula is C15H19N3O. The third-order valence-electron chi connectivity index (χ3n) is 3.84. The summed E-state index contributed by atoms with van der Waals surface area (Å²) in [5, 5.41) is 8.71. The second-order valence-electron chi connectivity index (χ2n) is 5.16. The molecule has 1 aliphatic rings. The standard InChI is InChI=1S/C15H19N3O/c1-18(14-8-6-13(10-16)11-17-14)15(19)9-7-12-4-2-3-5-12/h6,8,11-12H,2-5,7,9H2,1H3. The number of pyridine rings is 1. The number of amides is 1. The predicted octanol–water partition coefficient (Wildman–Crippen LogP) is 2.89. The molecule has 1 heterocycles. The van der Waals surface area contributed by atoms with Crippen LogP contribution in [0.3, 0.4) is 0 Å². The number of anilines is 1. The summed E-state index contributed by atoms with van der Waals surface area (Å²) in [5.41, 5.74) is 0.510. The Kier molecular flexibility index (Phi) is 4.51. The van der Waals surface area contributed by atoms with Crippen molar-refractivity contribution in [1.29, 1.82) is 5.26 Å². The van der Waals surface area contributed by atoms with Gasteiger partial charge in [-0.1, -0.05) is 25.7 Å². The van der Waals surface area contributed by atoms with Crippen molar-refractivity contribution in [3.63, 3.8) is 0 Å². The molecule has 0 spiro atoms. The van der Waals surface area contributed by atoms with Crippen LogP contribution in [0.15, 0.2) is 18.3 Å². The lowest BCUT2D eigenvalue weighted by atomic mass is 10.0. The summed E-state index contributed by atoms with van der Waals surface area (Å²) in [6, 6.07) is 5.42. The molecule has 19 heavy (non-hydrogen) atoms. The highest BCUT2D eigenvalue weighted by molar-refractivity contribution is 5.91. The number of aromatic nitrogens is 1. The Bertz CT molecular complexity index is 469. The number of nitriles is 1. The summed E-state index contributed by atoms with van der Waals surface area (Å²) in [7, 11) is 1.74. The molecule has 1 saturated carbocycles. The number of carbonyl (C=O) groups excluding carboxylic acids is 1. The minimum atomic E-state index is 0.101. The Morgan fingerprint density at radius 1 is 1.47 bits per heavy atom. The lowest BCUT2D eigenvalue weighted by Crippen LogP contribution is -2.27. The second kappa shape index (κ2) is 6.33. The average Bonchev–Trinajstić information content (AvgIpc) is 2.97. The lowest BCUT2D eigenvalue weighted by molar-refractivity contribution is -0.118. The van der Waals surface area contributed by atoms with E-state index in [0.717, 1.165) is 12.3 Å². The molecule has 4 heteroatoms. The Hall–Kier alpha value is -1.89. The molecule has 4 nitrogen and oxygen atoms in total. The first kappa shape index (κ1) is 13.5. The third kappa shape index (κ3) is 3.54. The number of carbonyl (C=O) groups is 1. The van der Waals surface area contributed by atoms with Gasteiger partial charge in [0.05, 0.1) is 5.56 Å². The first-order valence-electron chi connectivity index (χ1n) is 6.83. The highest BCUT2D eigenvalue weighted by Crippen LogP contribution is 2.28. The van der Waals surface area contributed by atoms with Gasteiger partial charge in [0.1, 0.15) is 11.9 Å². The summed E-state index contributed by atoms with van der Waals surface area (Å²) in [6.07, 6.45) is 8.23. The van der Waals surface area contributed by atoms with E-state index < -0.39 is 0 Å². The van der Waals surface area contributed by atoms with Gasteiger partial charge < -0.3 is 0 Å². The predicted molar refractivity (Wildman–Crippen MR) is 73.6 cm³/mol. The van der Waals surface area contributed by atoms with Crippen LogP contribution in [0.4, 0.5) is 5.82 Å². The van der Waals surface area contributed by atoms with Crippen LogP contribution in [0, 0.1) is 17.2 Å². The number of hydrogen-bond acceptors (Lipinski definition) is 3. The van der Waals surface area contributed by atoms with Crippen molar-refractivity contribution in [3.8, 4) is 6.07 Å². The maximum Gasteiger partial charge on any atom is 0.227 e. The lowest BCUT2D eigenvalue weighted by Gasteiger charge is -2.17. The zero-order valence-electron chi connectivity index (χ0n) is 11.3. The van der Waals surface area contributed by atoms with Gasteiger partial charge in [0.2, 0.25) is 5.91 Å². The molecule has 1 amide bonds. The molecule has 100 valence electrons. The van der Waals surface area contributed by atoms with Crippen molar-refractivity contribution in [2.24, 2.45) is 5.92 Å². The quantitative estimate of drug-likeness (QED) is 0.833. The third-order valence-corrected chi connectivity index (χ3v) is 3.84. The van der Waals surface area contributed by atoms with Crippen LogP contribution in [-0.2, 0) is 4.79 Å². The van der Waals surface area contributed by atoms with Gasteiger partial charge >= 0.3 is 0 Å². The van der Waals surface area contributed by atoms with E-state index in [4.69, 9.17) is 5.26 Å². The van der Waals surface area contributed by atoms with E-state index in [1.54, 1.807) is 24.1 Å². The maximum absolute atomic E-state index is 12.1. The Balaban J connectivity index is 1.88. The van der Waals surface area contributed by atoms with Crippen LogP contribution in [-0.4, -0.2) is 17.9 Å². The van der Waals surface area contributed by atoms with E-state index in [9.17, 15) is 4.79 Å². The molecule has 0 aliphatic heterocycles. The van der Waals surface area contributed by atoms with Gasteiger partial charge in [0.25, 0.3) is 0 Å². The summed E-state index contributed by atoms with van der Waals surface area (Å²) in [4.78, 5) is 17.8. The highest BCUT2D eigenvalue weighted by atomic mass is 16.2. The van der Waals surface area contributed by atoms with Gasteiger partial charge in [-0.15, -0.1) is 0 Å². The molecule has 0 N–H and O–H groups in total. The van der Waals surface area contributed by atoms with E-state index in [2.05, 4.69) is 4.98 Å². The molecule has 0 aromatic carbocycles. The van der Waals surface area contributed by atoms with Crippen molar-refractivity contribution in [2.45, 2.75) is 38.5 Å². The van der Waals surface area contributed by atoms with Crippen LogP contribution in [0.5, 0.6) is 0 Å². The molecule has 1 aromatic rings. The smallest absolute Gasteiger partial charge is 0.227 e. The molecule has 0 bridgehead atoms. The normalized spacial score (nSPS) is 15.2. The van der Waals surface area contributed by atoms with Gasteiger partial charge in [-0.25, -0.2) is 4.98 Å².